The molecule has 0 radical (unpaired) electrons. The van der Waals surface area contributed by atoms with Crippen molar-refractivity contribution in [1.82, 2.24) is 0 Å². The van der Waals surface area contributed by atoms with Crippen LogP contribution in [0.5, 0.6) is 0 Å². The first-order valence-corrected chi connectivity index (χ1v) is 9.20. The maximum absolute atomic E-state index is 8.28. The van der Waals surface area contributed by atoms with Gasteiger partial charge in [0, 0.05) is 0 Å². The van der Waals surface area contributed by atoms with Gasteiger partial charge in [-0.15, -0.1) is 0 Å². The summed E-state index contributed by atoms with van der Waals surface area (Å²) in [6, 6.07) is 0. The molecule has 5 heavy (non-hydrogen) atoms. The van der Waals surface area contributed by atoms with E-state index in [1.807, 2.05) is 0 Å². The summed E-state index contributed by atoms with van der Waals surface area (Å²) in [4.78, 5) is 0. The van der Waals surface area contributed by atoms with Crippen LogP contribution in [-0.2, 0) is 18.9 Å². The van der Waals surface area contributed by atoms with Crippen LogP contribution >= 0.6 is 19.4 Å². The molecule has 0 aromatic carbocycles. The third-order valence-electron chi connectivity index (χ3n) is 0. The Morgan fingerprint density at radius 3 is 1.40 bits per heavy atom. The van der Waals surface area contributed by atoms with E-state index in [0.29, 0.717) is 16.2 Å². The molecule has 0 saturated heterocycles. The Balaban J connectivity index is 0. The molecule has 0 unspecified atom stereocenters. The molecular formula is HAlCl2OZn. The molecule has 0 heterocycles. The molecule has 0 aliphatic heterocycles. The van der Waals surface area contributed by atoms with Crippen LogP contribution in [0.4, 0.5) is 0 Å². The molecule has 0 N–H and O–H groups in total. The fourth-order valence-corrected chi connectivity index (χ4v) is 0. The normalized spacial score (nSPS) is 2.60. The zero-order chi connectivity index (χ0) is 4.71. The van der Waals surface area contributed by atoms with E-state index in [4.69, 9.17) is 23.2 Å². The van der Waals surface area contributed by atoms with Crippen LogP contribution in [-0.4, -0.2) is 16.2 Å². The molecule has 0 aromatic rings. The predicted molar refractivity (Wildman–Crippen MR) is 19.5 cm³/mol. The van der Waals surface area contributed by atoms with Crippen molar-refractivity contribution < 1.29 is 18.9 Å². The SMILES string of the molecule is [Cl][Zn][Cl].[O]=[AlH]. The van der Waals surface area contributed by atoms with Crippen molar-refractivity contribution in [1.29, 1.82) is 0 Å². The van der Waals surface area contributed by atoms with Gasteiger partial charge in [-0.25, -0.2) is 0 Å². The molecule has 0 aliphatic carbocycles. The molecule has 0 fully saturated rings. The number of halogens is 2. The van der Waals surface area contributed by atoms with E-state index in [0.717, 1.165) is 0 Å². The van der Waals surface area contributed by atoms with Crippen molar-refractivity contribution in [2.45, 2.75) is 0 Å². The van der Waals surface area contributed by atoms with Crippen LogP contribution < -0.4 is 0 Å². The van der Waals surface area contributed by atoms with Gasteiger partial charge in [-0.1, -0.05) is 0 Å². The van der Waals surface area contributed by atoms with Gasteiger partial charge in [-0.05, 0) is 0 Å². The molecular weight excluding hydrogens is 179 g/mol. The van der Waals surface area contributed by atoms with Crippen LogP contribution in [0, 0.1) is 0 Å². The first-order valence-electron chi connectivity index (χ1n) is 0.823. The molecule has 26 valence electrons. The second kappa shape index (κ2) is 17.7. The Labute approximate surface area is 54.3 Å². The van der Waals surface area contributed by atoms with Gasteiger partial charge in [0.15, 0.2) is 0 Å². The van der Waals surface area contributed by atoms with Crippen molar-refractivity contribution >= 4 is 35.6 Å². The average molecular weight is 180 g/mol. The second-order valence-corrected chi connectivity index (χ2v) is 4.72. The van der Waals surface area contributed by atoms with Gasteiger partial charge in [-0.3, -0.25) is 0 Å². The third kappa shape index (κ3) is 29.3. The first kappa shape index (κ1) is 9.74. The fourth-order valence-electron chi connectivity index (χ4n) is 0. The Hall–Kier alpha value is 1.54. The van der Waals surface area contributed by atoms with E-state index in [2.05, 4.69) is 0 Å². The van der Waals surface area contributed by atoms with Gasteiger partial charge < -0.3 is 0 Å². The second-order valence-electron chi connectivity index (χ2n) is 0.101. The van der Waals surface area contributed by atoms with Gasteiger partial charge in [0.25, 0.3) is 0 Å². The van der Waals surface area contributed by atoms with E-state index in [-0.39, 0.29) is 0 Å². The summed E-state index contributed by atoms with van der Waals surface area (Å²) < 4.78 is 8.28. The Morgan fingerprint density at radius 1 is 1.40 bits per heavy atom. The van der Waals surface area contributed by atoms with E-state index < -0.39 is 15.1 Å². The average Bonchev–Trinajstić information content (AvgIpc) is 1.46. The molecule has 1 nitrogen and oxygen atoms in total. The molecule has 0 spiro atoms. The van der Waals surface area contributed by atoms with Gasteiger partial charge >= 0.3 is 54.6 Å². The third-order valence-corrected chi connectivity index (χ3v) is 0. The Bertz CT molecular complexity index is 13.6. The molecule has 0 saturated carbocycles. The fraction of sp³-hybridized carbons (Fsp3) is 0. The zero-order valence-electron chi connectivity index (χ0n) is 2.58. The van der Waals surface area contributed by atoms with Crippen molar-refractivity contribution in [2.24, 2.45) is 0 Å². The molecule has 0 aromatic heterocycles. The van der Waals surface area contributed by atoms with Crippen LogP contribution in [0.25, 0.3) is 0 Å². The van der Waals surface area contributed by atoms with E-state index >= 15 is 0 Å². The minimum absolute atomic E-state index is 0.611. The van der Waals surface area contributed by atoms with Gasteiger partial charge in [-0.2, -0.15) is 0 Å². The summed E-state index contributed by atoms with van der Waals surface area (Å²) in [7, 11) is 9.90. The predicted octanol–water partition coefficient (Wildman–Crippen LogP) is 0.609. The quantitative estimate of drug-likeness (QED) is 0.499. The Kier molecular flexibility index (Phi) is 34.5. The van der Waals surface area contributed by atoms with Crippen molar-refractivity contribution in [3.63, 3.8) is 0 Å². The van der Waals surface area contributed by atoms with Crippen LogP contribution in [0.15, 0.2) is 0 Å². The number of hydrogen-bond acceptors (Lipinski definition) is 1. The number of rotatable bonds is 0. The summed E-state index contributed by atoms with van der Waals surface area (Å²) in [6.07, 6.45) is 0. The van der Waals surface area contributed by atoms with Crippen LogP contribution in [0.2, 0.25) is 0 Å². The molecule has 0 bridgehead atoms. The van der Waals surface area contributed by atoms with E-state index in [1.54, 1.807) is 0 Å². The zero-order valence-corrected chi connectivity index (χ0v) is 8.47. The topological polar surface area (TPSA) is 17.1 Å². The maximum atomic E-state index is 8.28. The van der Waals surface area contributed by atoms with Gasteiger partial charge in [0.2, 0.25) is 0 Å². The standard InChI is InChI=1S/Al.2ClH.O.Zn.H/h;2*1H;;;/q;;;;+2;/p-2. The minimum atomic E-state index is -0.931. The monoisotopic (exact) mass is 178 g/mol. The summed E-state index contributed by atoms with van der Waals surface area (Å²) in [6.45, 7) is 0. The van der Waals surface area contributed by atoms with Gasteiger partial charge in [0.1, 0.15) is 0 Å². The summed E-state index contributed by atoms with van der Waals surface area (Å²) >= 11 is -0.319. The van der Waals surface area contributed by atoms with Crippen LogP contribution in [0.1, 0.15) is 0 Å². The van der Waals surface area contributed by atoms with Gasteiger partial charge in [0.05, 0.1) is 0 Å². The molecule has 0 amide bonds. The molecule has 0 rings (SSSR count). The van der Waals surface area contributed by atoms with Crippen molar-refractivity contribution in [3.8, 4) is 0 Å². The summed E-state index contributed by atoms with van der Waals surface area (Å²) in [5, 5.41) is 0. The molecule has 5 heteroatoms. The molecule has 0 aliphatic rings. The van der Waals surface area contributed by atoms with Crippen molar-refractivity contribution in [2.75, 3.05) is 0 Å². The van der Waals surface area contributed by atoms with Crippen molar-refractivity contribution in [3.05, 3.63) is 0 Å². The van der Waals surface area contributed by atoms with Crippen LogP contribution in [0.3, 0.4) is 0 Å². The Morgan fingerprint density at radius 2 is 1.40 bits per heavy atom. The first-order chi connectivity index (χ1) is 2.41. The van der Waals surface area contributed by atoms with E-state index in [1.165, 1.54) is 0 Å². The molecule has 0 atom stereocenters. The summed E-state index contributed by atoms with van der Waals surface area (Å²) in [5.41, 5.74) is 0. The number of hydrogen-bond donors (Lipinski definition) is 0. The summed E-state index contributed by atoms with van der Waals surface area (Å²) in [5.74, 6) is 0. The van der Waals surface area contributed by atoms with E-state index in [9.17, 15) is 0 Å².